The Morgan fingerprint density at radius 1 is 1.04 bits per heavy atom. The van der Waals surface area contributed by atoms with Crippen molar-refractivity contribution in [3.05, 3.63) is 76.5 Å². The van der Waals surface area contributed by atoms with Crippen LogP contribution in [0.4, 0.5) is 5.69 Å². The molecule has 3 rings (SSSR count). The van der Waals surface area contributed by atoms with E-state index < -0.39 is 0 Å². The Balaban J connectivity index is 1.96. The lowest BCUT2D eigenvalue weighted by molar-refractivity contribution is -0.113. The fourth-order valence-electron chi connectivity index (χ4n) is 2.97. The number of carbonyl (C=O) groups is 1. The molecular weight excluding hydrogens is 330 g/mol. The van der Waals surface area contributed by atoms with Crippen LogP contribution in [0.3, 0.4) is 0 Å². The molecule has 2 aromatic carbocycles. The lowest BCUT2D eigenvalue weighted by atomic mass is 9.92. The summed E-state index contributed by atoms with van der Waals surface area (Å²) in [6.45, 7) is 5.93. The van der Waals surface area contributed by atoms with Crippen molar-refractivity contribution >= 4 is 28.9 Å². The van der Waals surface area contributed by atoms with E-state index in [0.717, 1.165) is 28.1 Å². The van der Waals surface area contributed by atoms with Crippen LogP contribution in [0.15, 0.2) is 59.8 Å². The zero-order chi connectivity index (χ0) is 18.0. The third-order valence-corrected chi connectivity index (χ3v) is 4.54. The first kappa shape index (κ1) is 17.2. The van der Waals surface area contributed by atoms with Crippen LogP contribution in [0, 0.1) is 13.8 Å². The predicted octanol–water partition coefficient (Wildman–Crippen LogP) is 3.73. The summed E-state index contributed by atoms with van der Waals surface area (Å²) in [6.07, 6.45) is 0. The first-order chi connectivity index (χ1) is 12.0. The van der Waals surface area contributed by atoms with Crippen molar-refractivity contribution in [3.63, 3.8) is 0 Å². The van der Waals surface area contributed by atoms with Crippen LogP contribution < -0.4 is 16.0 Å². The number of thiocarbonyl (C=S) groups is 1. The lowest BCUT2D eigenvalue weighted by Gasteiger charge is -2.31. The van der Waals surface area contributed by atoms with Crippen molar-refractivity contribution in [1.29, 1.82) is 0 Å². The Bertz CT molecular complexity index is 855. The molecule has 25 heavy (non-hydrogen) atoms. The van der Waals surface area contributed by atoms with Crippen molar-refractivity contribution < 1.29 is 4.79 Å². The minimum Gasteiger partial charge on any atom is -0.351 e. The van der Waals surface area contributed by atoms with Crippen LogP contribution in [-0.4, -0.2) is 11.0 Å². The van der Waals surface area contributed by atoms with Gasteiger partial charge in [0.25, 0.3) is 5.91 Å². The topological polar surface area (TPSA) is 53.2 Å². The Kier molecular flexibility index (Phi) is 4.86. The number of anilines is 1. The van der Waals surface area contributed by atoms with Gasteiger partial charge in [-0.2, -0.15) is 0 Å². The molecule has 0 fully saturated rings. The van der Waals surface area contributed by atoms with Gasteiger partial charge in [-0.1, -0.05) is 42.0 Å². The van der Waals surface area contributed by atoms with E-state index in [1.807, 2.05) is 69.3 Å². The van der Waals surface area contributed by atoms with Gasteiger partial charge in [0.2, 0.25) is 0 Å². The van der Waals surface area contributed by atoms with E-state index in [1.54, 1.807) is 0 Å². The van der Waals surface area contributed by atoms with Gasteiger partial charge in [0, 0.05) is 11.4 Å². The first-order valence-corrected chi connectivity index (χ1v) is 8.58. The van der Waals surface area contributed by atoms with E-state index in [1.165, 1.54) is 0 Å². The summed E-state index contributed by atoms with van der Waals surface area (Å²) in [5.41, 5.74) is 5.48. The van der Waals surface area contributed by atoms with Crippen LogP contribution in [0.25, 0.3) is 0 Å². The maximum Gasteiger partial charge on any atom is 0.255 e. The highest BCUT2D eigenvalue weighted by Gasteiger charge is 2.30. The molecule has 0 aromatic heterocycles. The fourth-order valence-corrected chi connectivity index (χ4v) is 3.25. The maximum absolute atomic E-state index is 13.0. The number of hydrogen-bond acceptors (Lipinski definition) is 2. The van der Waals surface area contributed by atoms with Crippen LogP contribution in [0.2, 0.25) is 0 Å². The number of hydrogen-bond donors (Lipinski definition) is 3. The van der Waals surface area contributed by atoms with Crippen LogP contribution in [0.5, 0.6) is 0 Å². The van der Waals surface area contributed by atoms with Gasteiger partial charge in [-0.25, -0.2) is 0 Å². The van der Waals surface area contributed by atoms with Crippen molar-refractivity contribution in [2.24, 2.45) is 0 Å². The fraction of sp³-hybridized carbons (Fsp3) is 0.200. The average molecular weight is 351 g/mol. The molecule has 0 saturated heterocycles. The Morgan fingerprint density at radius 3 is 2.40 bits per heavy atom. The van der Waals surface area contributed by atoms with Crippen LogP contribution in [-0.2, 0) is 4.79 Å². The summed E-state index contributed by atoms with van der Waals surface area (Å²) < 4.78 is 0. The standard InChI is InChI=1S/C20H21N3OS/c1-12-8-10-15(11-9-12)22-19(24)17-14(3)21-20(25)23-18(17)16-7-5-4-6-13(16)2/h4-11,18H,1-3H3,(H,22,24)(H2,21,23,25)/t18-/m1/s1. The average Bonchev–Trinajstić information content (AvgIpc) is 2.56. The summed E-state index contributed by atoms with van der Waals surface area (Å²) in [5, 5.41) is 9.80. The maximum atomic E-state index is 13.0. The lowest BCUT2D eigenvalue weighted by Crippen LogP contribution is -2.46. The van der Waals surface area contributed by atoms with Gasteiger partial charge in [0.1, 0.15) is 0 Å². The quantitative estimate of drug-likeness (QED) is 0.738. The number of allylic oxidation sites excluding steroid dienone is 1. The normalized spacial score (nSPS) is 16.9. The van der Waals surface area contributed by atoms with Crippen molar-refractivity contribution in [2.75, 3.05) is 5.32 Å². The molecule has 1 aliphatic heterocycles. The summed E-state index contributed by atoms with van der Waals surface area (Å²) >= 11 is 5.30. The number of aryl methyl sites for hydroxylation is 2. The number of nitrogens with one attached hydrogen (secondary N) is 3. The molecule has 0 spiro atoms. The highest BCUT2D eigenvalue weighted by molar-refractivity contribution is 7.80. The van der Waals surface area contributed by atoms with Crippen molar-refractivity contribution in [1.82, 2.24) is 10.6 Å². The van der Waals surface area contributed by atoms with Gasteiger partial charge >= 0.3 is 0 Å². The molecule has 5 heteroatoms. The molecule has 0 bridgehead atoms. The van der Waals surface area contributed by atoms with E-state index in [9.17, 15) is 4.79 Å². The van der Waals surface area contributed by atoms with Crippen LogP contribution >= 0.6 is 12.2 Å². The first-order valence-electron chi connectivity index (χ1n) is 8.17. The van der Waals surface area contributed by atoms with Gasteiger partial charge in [0.05, 0.1) is 11.6 Å². The number of benzene rings is 2. The van der Waals surface area contributed by atoms with E-state index in [2.05, 4.69) is 16.0 Å². The summed E-state index contributed by atoms with van der Waals surface area (Å²) in [4.78, 5) is 13.0. The monoisotopic (exact) mass is 351 g/mol. The second-order valence-electron chi connectivity index (χ2n) is 6.25. The smallest absolute Gasteiger partial charge is 0.255 e. The molecule has 0 radical (unpaired) electrons. The molecule has 1 heterocycles. The zero-order valence-corrected chi connectivity index (χ0v) is 15.3. The van der Waals surface area contributed by atoms with Crippen molar-refractivity contribution in [2.45, 2.75) is 26.8 Å². The van der Waals surface area contributed by atoms with Gasteiger partial charge in [-0.05, 0) is 56.2 Å². The van der Waals surface area contributed by atoms with Gasteiger partial charge in [-0.3, -0.25) is 4.79 Å². The minimum atomic E-state index is -0.277. The van der Waals surface area contributed by atoms with Crippen molar-refractivity contribution in [3.8, 4) is 0 Å². The van der Waals surface area contributed by atoms with E-state index in [4.69, 9.17) is 12.2 Å². The van der Waals surface area contributed by atoms with E-state index in [-0.39, 0.29) is 11.9 Å². The second-order valence-corrected chi connectivity index (χ2v) is 6.66. The highest BCUT2D eigenvalue weighted by atomic mass is 32.1. The highest BCUT2D eigenvalue weighted by Crippen LogP contribution is 2.29. The van der Waals surface area contributed by atoms with E-state index >= 15 is 0 Å². The molecule has 0 saturated carbocycles. The third-order valence-electron chi connectivity index (χ3n) is 4.32. The number of carbonyl (C=O) groups excluding carboxylic acids is 1. The summed E-state index contributed by atoms with van der Waals surface area (Å²) in [5.74, 6) is -0.142. The van der Waals surface area contributed by atoms with Gasteiger partial charge in [0.15, 0.2) is 5.11 Å². The molecular formula is C20H21N3OS. The predicted molar refractivity (Wildman–Crippen MR) is 105 cm³/mol. The molecule has 3 N–H and O–H groups in total. The second kappa shape index (κ2) is 7.07. The summed E-state index contributed by atoms with van der Waals surface area (Å²) in [7, 11) is 0. The Labute approximate surface area is 153 Å². The molecule has 128 valence electrons. The number of rotatable bonds is 3. The van der Waals surface area contributed by atoms with Crippen LogP contribution in [0.1, 0.15) is 29.7 Å². The SMILES string of the molecule is CC1=C(C(=O)Nc2ccc(C)cc2)[C@@H](c2ccccc2C)NC(=S)N1. The zero-order valence-electron chi connectivity index (χ0n) is 14.5. The largest absolute Gasteiger partial charge is 0.351 e. The summed E-state index contributed by atoms with van der Waals surface area (Å²) in [6, 6.07) is 15.5. The molecule has 0 aliphatic carbocycles. The van der Waals surface area contributed by atoms with Gasteiger partial charge < -0.3 is 16.0 Å². The van der Waals surface area contributed by atoms with E-state index in [0.29, 0.717) is 10.7 Å². The third kappa shape index (κ3) is 3.72. The Hall–Kier alpha value is -2.66. The Morgan fingerprint density at radius 2 is 1.72 bits per heavy atom. The molecule has 4 nitrogen and oxygen atoms in total. The number of amides is 1. The van der Waals surface area contributed by atoms with Gasteiger partial charge in [-0.15, -0.1) is 0 Å². The molecule has 1 aliphatic rings. The molecule has 1 amide bonds. The molecule has 2 aromatic rings. The molecule has 0 unspecified atom stereocenters. The minimum absolute atomic E-state index is 0.142. The molecule has 1 atom stereocenters.